The highest BCUT2D eigenvalue weighted by Crippen LogP contribution is 2.12. The molecule has 2 aromatic rings. The SMILES string of the molecule is CCn1cc(NC(=O)c2csc(CCN)n2)ccc1=O.Cl. The highest BCUT2D eigenvalue weighted by atomic mass is 35.5. The zero-order valence-corrected chi connectivity index (χ0v) is 13.2. The van der Waals surface area contributed by atoms with Gasteiger partial charge in [0.25, 0.3) is 11.5 Å². The van der Waals surface area contributed by atoms with E-state index in [9.17, 15) is 9.59 Å². The number of thiazole rings is 1. The lowest BCUT2D eigenvalue weighted by molar-refractivity contribution is 0.102. The van der Waals surface area contributed by atoms with E-state index in [0.29, 0.717) is 30.9 Å². The van der Waals surface area contributed by atoms with Crippen LogP contribution in [0.15, 0.2) is 28.5 Å². The van der Waals surface area contributed by atoms with E-state index in [-0.39, 0.29) is 23.9 Å². The van der Waals surface area contributed by atoms with Gasteiger partial charge in [-0.15, -0.1) is 23.7 Å². The number of pyridine rings is 1. The van der Waals surface area contributed by atoms with Crippen molar-refractivity contribution in [2.24, 2.45) is 5.73 Å². The Kier molecular flexibility index (Phi) is 6.54. The van der Waals surface area contributed by atoms with Crippen LogP contribution in [0.1, 0.15) is 22.4 Å². The number of carbonyl (C=O) groups is 1. The first-order chi connectivity index (χ1) is 9.63. The third-order valence-corrected chi connectivity index (χ3v) is 3.63. The Bertz CT molecular complexity index is 668. The lowest BCUT2D eigenvalue weighted by Crippen LogP contribution is -2.20. The van der Waals surface area contributed by atoms with Crippen molar-refractivity contribution in [3.05, 3.63) is 44.8 Å². The average Bonchev–Trinajstić information content (AvgIpc) is 2.90. The van der Waals surface area contributed by atoms with Crippen molar-refractivity contribution in [3.8, 4) is 0 Å². The number of aromatic nitrogens is 2. The molecule has 0 atom stereocenters. The van der Waals surface area contributed by atoms with Gasteiger partial charge in [0.15, 0.2) is 0 Å². The molecule has 0 aromatic carbocycles. The molecule has 0 fully saturated rings. The topological polar surface area (TPSA) is 90.0 Å². The van der Waals surface area contributed by atoms with E-state index < -0.39 is 0 Å². The molecule has 0 saturated carbocycles. The van der Waals surface area contributed by atoms with E-state index >= 15 is 0 Å². The maximum Gasteiger partial charge on any atom is 0.275 e. The van der Waals surface area contributed by atoms with Gasteiger partial charge in [-0.2, -0.15) is 0 Å². The van der Waals surface area contributed by atoms with Crippen molar-refractivity contribution in [1.29, 1.82) is 0 Å². The molecule has 0 unspecified atom stereocenters. The molecular formula is C13H17ClN4O2S. The van der Waals surface area contributed by atoms with Gasteiger partial charge < -0.3 is 15.6 Å². The summed E-state index contributed by atoms with van der Waals surface area (Å²) in [6, 6.07) is 3.01. The first-order valence-corrected chi connectivity index (χ1v) is 7.18. The smallest absolute Gasteiger partial charge is 0.275 e. The van der Waals surface area contributed by atoms with E-state index in [1.54, 1.807) is 17.6 Å². The van der Waals surface area contributed by atoms with Gasteiger partial charge in [0.2, 0.25) is 0 Å². The van der Waals surface area contributed by atoms with Gasteiger partial charge in [-0.25, -0.2) is 4.98 Å². The number of nitrogens with zero attached hydrogens (tertiary/aromatic N) is 2. The average molecular weight is 329 g/mol. The molecule has 0 aliphatic heterocycles. The minimum Gasteiger partial charge on any atom is -0.330 e. The number of halogens is 1. The number of hydrogen-bond acceptors (Lipinski definition) is 5. The van der Waals surface area contributed by atoms with Crippen molar-refractivity contribution in [2.75, 3.05) is 11.9 Å². The monoisotopic (exact) mass is 328 g/mol. The van der Waals surface area contributed by atoms with Crippen LogP contribution in [0.4, 0.5) is 5.69 Å². The normalized spacial score (nSPS) is 10.0. The van der Waals surface area contributed by atoms with E-state index in [4.69, 9.17) is 5.73 Å². The number of carbonyl (C=O) groups excluding carboxylic acids is 1. The quantitative estimate of drug-likeness (QED) is 0.870. The minimum absolute atomic E-state index is 0. The molecule has 0 radical (unpaired) electrons. The molecule has 0 bridgehead atoms. The van der Waals surface area contributed by atoms with E-state index in [1.165, 1.54) is 22.0 Å². The van der Waals surface area contributed by atoms with Crippen LogP contribution in [-0.2, 0) is 13.0 Å². The molecule has 3 N–H and O–H groups in total. The van der Waals surface area contributed by atoms with Gasteiger partial charge in [-0.1, -0.05) is 0 Å². The summed E-state index contributed by atoms with van der Waals surface area (Å²) < 4.78 is 1.52. The van der Waals surface area contributed by atoms with Crippen molar-refractivity contribution in [2.45, 2.75) is 19.9 Å². The molecule has 0 saturated heterocycles. The number of hydrogen-bond donors (Lipinski definition) is 2. The Morgan fingerprint density at radius 3 is 2.90 bits per heavy atom. The summed E-state index contributed by atoms with van der Waals surface area (Å²) in [5.74, 6) is -0.286. The second-order valence-electron chi connectivity index (χ2n) is 4.16. The number of rotatable bonds is 5. The highest BCUT2D eigenvalue weighted by molar-refractivity contribution is 7.09. The molecule has 2 aromatic heterocycles. The maximum atomic E-state index is 12.0. The molecule has 0 spiro atoms. The molecule has 8 heteroatoms. The first kappa shape index (κ1) is 17.4. The van der Waals surface area contributed by atoms with Crippen molar-refractivity contribution in [1.82, 2.24) is 9.55 Å². The lowest BCUT2D eigenvalue weighted by Gasteiger charge is -2.06. The summed E-state index contributed by atoms with van der Waals surface area (Å²) in [5, 5.41) is 5.28. The van der Waals surface area contributed by atoms with Crippen LogP contribution in [0.25, 0.3) is 0 Å². The summed E-state index contributed by atoms with van der Waals surface area (Å²) in [6.07, 6.45) is 2.28. The second-order valence-corrected chi connectivity index (χ2v) is 5.10. The Labute approximate surface area is 132 Å². The number of aryl methyl sites for hydroxylation is 1. The minimum atomic E-state index is -0.286. The Balaban J connectivity index is 0.00000220. The first-order valence-electron chi connectivity index (χ1n) is 6.30. The van der Waals surface area contributed by atoms with Gasteiger partial charge in [-0.3, -0.25) is 9.59 Å². The third kappa shape index (κ3) is 4.38. The predicted molar refractivity (Wildman–Crippen MR) is 86.4 cm³/mol. The Morgan fingerprint density at radius 2 is 2.24 bits per heavy atom. The number of anilines is 1. The van der Waals surface area contributed by atoms with Crippen LogP contribution in [0, 0.1) is 0 Å². The van der Waals surface area contributed by atoms with Crippen molar-refractivity contribution in [3.63, 3.8) is 0 Å². The molecule has 0 aliphatic rings. The highest BCUT2D eigenvalue weighted by Gasteiger charge is 2.11. The van der Waals surface area contributed by atoms with Crippen LogP contribution >= 0.6 is 23.7 Å². The molecule has 2 rings (SSSR count). The fourth-order valence-corrected chi connectivity index (χ4v) is 2.50. The number of nitrogens with two attached hydrogens (primary N) is 1. The largest absolute Gasteiger partial charge is 0.330 e. The van der Waals surface area contributed by atoms with E-state index in [1.807, 2.05) is 6.92 Å². The van der Waals surface area contributed by atoms with Crippen LogP contribution in [0.5, 0.6) is 0 Å². The summed E-state index contributed by atoms with van der Waals surface area (Å²) >= 11 is 1.42. The summed E-state index contributed by atoms with van der Waals surface area (Å²) in [5.41, 5.74) is 6.30. The maximum absolute atomic E-state index is 12.0. The van der Waals surface area contributed by atoms with Gasteiger partial charge in [0.05, 0.1) is 10.7 Å². The number of nitrogens with one attached hydrogen (secondary N) is 1. The second kappa shape index (κ2) is 7.92. The third-order valence-electron chi connectivity index (χ3n) is 2.72. The number of amides is 1. The summed E-state index contributed by atoms with van der Waals surface area (Å²) in [6.45, 7) is 2.93. The van der Waals surface area contributed by atoms with Crippen LogP contribution < -0.4 is 16.6 Å². The Morgan fingerprint density at radius 1 is 1.48 bits per heavy atom. The van der Waals surface area contributed by atoms with Crippen LogP contribution in [-0.4, -0.2) is 22.0 Å². The van der Waals surface area contributed by atoms with Gasteiger partial charge in [0.1, 0.15) is 5.69 Å². The van der Waals surface area contributed by atoms with Gasteiger partial charge in [0, 0.05) is 30.6 Å². The predicted octanol–water partition coefficient (Wildman–Crippen LogP) is 1.50. The van der Waals surface area contributed by atoms with Gasteiger partial charge in [-0.05, 0) is 19.5 Å². The van der Waals surface area contributed by atoms with Crippen LogP contribution in [0.2, 0.25) is 0 Å². The van der Waals surface area contributed by atoms with Crippen molar-refractivity contribution >= 4 is 35.3 Å². The molecular weight excluding hydrogens is 312 g/mol. The summed E-state index contributed by atoms with van der Waals surface area (Å²) in [7, 11) is 0. The summed E-state index contributed by atoms with van der Waals surface area (Å²) in [4.78, 5) is 27.7. The Hall–Kier alpha value is -1.70. The molecule has 2 heterocycles. The molecule has 6 nitrogen and oxygen atoms in total. The lowest BCUT2D eigenvalue weighted by atomic mass is 10.3. The standard InChI is InChI=1S/C13H16N4O2S.ClH/c1-2-17-7-9(3-4-12(17)18)15-13(19)10-8-20-11(16-10)5-6-14;/h3-4,7-8H,2,5-6,14H2,1H3,(H,15,19);1H. The molecule has 0 aliphatic carbocycles. The van der Waals surface area contributed by atoms with E-state index in [0.717, 1.165) is 5.01 Å². The fraction of sp³-hybridized carbons (Fsp3) is 0.308. The molecule has 21 heavy (non-hydrogen) atoms. The van der Waals surface area contributed by atoms with E-state index in [2.05, 4.69) is 10.3 Å². The molecule has 114 valence electrons. The van der Waals surface area contributed by atoms with Crippen LogP contribution in [0.3, 0.4) is 0 Å². The fourth-order valence-electron chi connectivity index (χ4n) is 1.70. The zero-order chi connectivity index (χ0) is 14.5. The van der Waals surface area contributed by atoms with Crippen molar-refractivity contribution < 1.29 is 4.79 Å². The zero-order valence-electron chi connectivity index (χ0n) is 11.5. The van der Waals surface area contributed by atoms with Gasteiger partial charge >= 0.3 is 0 Å². The molecule has 1 amide bonds.